The van der Waals surface area contributed by atoms with Gasteiger partial charge in [0, 0.05) is 18.7 Å². The highest BCUT2D eigenvalue weighted by Crippen LogP contribution is 2.21. The zero-order valence-corrected chi connectivity index (χ0v) is 12.9. The maximum absolute atomic E-state index is 12.0. The second-order valence-electron chi connectivity index (χ2n) is 5.19. The van der Waals surface area contributed by atoms with Gasteiger partial charge < -0.3 is 15.3 Å². The van der Waals surface area contributed by atoms with Crippen LogP contribution < -0.4 is 14.8 Å². The third-order valence-corrected chi connectivity index (χ3v) is 3.42. The molecule has 1 amide bonds. The van der Waals surface area contributed by atoms with Crippen molar-refractivity contribution in [1.82, 2.24) is 5.32 Å². The molecule has 120 valence electrons. The predicted octanol–water partition coefficient (Wildman–Crippen LogP) is 3.04. The van der Waals surface area contributed by atoms with Gasteiger partial charge in [-0.2, -0.15) is 4.73 Å². The number of nitrogens with one attached hydrogen (secondary N) is 1. The number of nitrogens with zero attached hydrogens (tertiary/aromatic N) is 1. The summed E-state index contributed by atoms with van der Waals surface area (Å²) in [6, 6.07) is 20.0. The van der Waals surface area contributed by atoms with E-state index in [1.807, 2.05) is 54.6 Å². The summed E-state index contributed by atoms with van der Waals surface area (Å²) in [5.41, 5.74) is 1.41. The fourth-order valence-electron chi connectivity index (χ4n) is 2.15. The Morgan fingerprint density at radius 3 is 2.21 bits per heavy atom. The fourth-order valence-corrected chi connectivity index (χ4v) is 2.15. The molecule has 1 aromatic heterocycles. The molecule has 3 aromatic rings. The number of ether oxygens (including phenoxy) is 1. The lowest BCUT2D eigenvalue weighted by Crippen LogP contribution is -2.27. The highest BCUT2D eigenvalue weighted by Gasteiger charge is 2.06. The van der Waals surface area contributed by atoms with Gasteiger partial charge in [0.25, 0.3) is 5.91 Å². The van der Waals surface area contributed by atoms with E-state index in [1.54, 1.807) is 0 Å². The van der Waals surface area contributed by atoms with Crippen molar-refractivity contribution in [3.05, 3.63) is 95.5 Å². The quantitative estimate of drug-likeness (QED) is 0.580. The molecule has 3 rings (SSSR count). The van der Waals surface area contributed by atoms with Gasteiger partial charge in [0.2, 0.25) is 0 Å². The number of hydrogen-bond acceptors (Lipinski definition) is 3. The Kier molecular flexibility index (Phi) is 4.72. The van der Waals surface area contributed by atoms with Gasteiger partial charge in [-0.15, -0.1) is 0 Å². The number of hydrogen-bond donors (Lipinski definition) is 1. The number of carbonyl (C=O) groups excluding carboxylic acids is 1. The molecule has 0 aliphatic carbocycles. The van der Waals surface area contributed by atoms with E-state index in [0.29, 0.717) is 16.8 Å². The molecule has 2 aromatic carbocycles. The van der Waals surface area contributed by atoms with Crippen LogP contribution in [-0.2, 0) is 6.54 Å². The molecule has 5 nitrogen and oxygen atoms in total. The van der Waals surface area contributed by atoms with Gasteiger partial charge in [-0.3, -0.25) is 4.79 Å². The molecule has 5 heteroatoms. The van der Waals surface area contributed by atoms with E-state index in [-0.39, 0.29) is 5.91 Å². The van der Waals surface area contributed by atoms with Crippen LogP contribution in [0.15, 0.2) is 79.1 Å². The Morgan fingerprint density at radius 1 is 0.917 bits per heavy atom. The molecular formula is C19H16N2O3. The topological polar surface area (TPSA) is 65.3 Å². The SMILES string of the molecule is O=C(NCc1ccc(Oc2ccccc2)cc1)c1cc[n+]([O-])cc1. The van der Waals surface area contributed by atoms with Crippen molar-refractivity contribution < 1.29 is 14.3 Å². The van der Waals surface area contributed by atoms with Crippen LogP contribution in [0.3, 0.4) is 0 Å². The lowest BCUT2D eigenvalue weighted by molar-refractivity contribution is -0.605. The standard InChI is InChI=1S/C19H16N2O3/c22-19(16-10-12-21(23)13-11-16)20-14-15-6-8-18(9-7-15)24-17-4-2-1-3-5-17/h1-13H,14H2,(H,20,22). The summed E-state index contributed by atoms with van der Waals surface area (Å²) in [6.45, 7) is 0.400. The van der Waals surface area contributed by atoms with Crippen molar-refractivity contribution in [1.29, 1.82) is 0 Å². The van der Waals surface area contributed by atoms with Crippen LogP contribution in [-0.4, -0.2) is 5.91 Å². The first-order valence-corrected chi connectivity index (χ1v) is 7.49. The minimum Gasteiger partial charge on any atom is -0.619 e. The first-order chi connectivity index (χ1) is 11.7. The average Bonchev–Trinajstić information content (AvgIpc) is 2.62. The number of amides is 1. The monoisotopic (exact) mass is 320 g/mol. The average molecular weight is 320 g/mol. The molecule has 0 bridgehead atoms. The maximum Gasteiger partial charge on any atom is 0.252 e. The number of rotatable bonds is 5. The smallest absolute Gasteiger partial charge is 0.252 e. The summed E-state index contributed by atoms with van der Waals surface area (Å²) in [4.78, 5) is 12.0. The minimum atomic E-state index is -0.222. The second kappa shape index (κ2) is 7.28. The fraction of sp³-hybridized carbons (Fsp3) is 0.0526. The normalized spacial score (nSPS) is 10.2. The molecule has 0 saturated heterocycles. The van der Waals surface area contributed by atoms with E-state index in [1.165, 1.54) is 24.5 Å². The Bertz CT molecular complexity index is 800. The van der Waals surface area contributed by atoms with E-state index < -0.39 is 0 Å². The Hall–Kier alpha value is -3.34. The van der Waals surface area contributed by atoms with Crippen LogP contribution >= 0.6 is 0 Å². The van der Waals surface area contributed by atoms with Crippen molar-refractivity contribution >= 4 is 5.91 Å². The van der Waals surface area contributed by atoms with Crippen molar-refractivity contribution in [2.75, 3.05) is 0 Å². The summed E-state index contributed by atoms with van der Waals surface area (Å²) in [6.07, 6.45) is 2.59. The van der Waals surface area contributed by atoms with Crippen LogP contribution in [0.25, 0.3) is 0 Å². The Morgan fingerprint density at radius 2 is 1.54 bits per heavy atom. The summed E-state index contributed by atoms with van der Waals surface area (Å²) >= 11 is 0. The third kappa shape index (κ3) is 4.10. The zero-order valence-electron chi connectivity index (χ0n) is 12.9. The molecule has 0 unspecified atom stereocenters. The van der Waals surface area contributed by atoms with Crippen LogP contribution in [0.1, 0.15) is 15.9 Å². The van der Waals surface area contributed by atoms with Gasteiger partial charge in [0.15, 0.2) is 12.4 Å². The molecule has 0 spiro atoms. The van der Waals surface area contributed by atoms with Crippen LogP contribution in [0.5, 0.6) is 11.5 Å². The molecule has 0 fully saturated rings. The first kappa shape index (κ1) is 15.6. The van der Waals surface area contributed by atoms with E-state index in [2.05, 4.69) is 5.32 Å². The molecule has 0 saturated carbocycles. The van der Waals surface area contributed by atoms with Crippen molar-refractivity contribution in [2.45, 2.75) is 6.54 Å². The first-order valence-electron chi connectivity index (χ1n) is 7.49. The van der Waals surface area contributed by atoms with E-state index in [0.717, 1.165) is 17.1 Å². The van der Waals surface area contributed by atoms with Crippen LogP contribution in [0.4, 0.5) is 0 Å². The highest BCUT2D eigenvalue weighted by atomic mass is 16.5. The summed E-state index contributed by atoms with van der Waals surface area (Å²) < 4.78 is 6.36. The van der Waals surface area contributed by atoms with Crippen molar-refractivity contribution in [3.63, 3.8) is 0 Å². The largest absolute Gasteiger partial charge is 0.619 e. The van der Waals surface area contributed by atoms with Gasteiger partial charge in [-0.25, -0.2) is 0 Å². The molecule has 1 heterocycles. The Balaban J connectivity index is 1.56. The molecule has 1 N–H and O–H groups in total. The number of para-hydroxylation sites is 1. The molecule has 0 atom stereocenters. The zero-order chi connectivity index (χ0) is 16.8. The molecular weight excluding hydrogens is 304 g/mol. The maximum atomic E-state index is 12.0. The van der Waals surface area contributed by atoms with Gasteiger partial charge in [-0.05, 0) is 29.8 Å². The minimum absolute atomic E-state index is 0.222. The van der Waals surface area contributed by atoms with Crippen molar-refractivity contribution in [3.8, 4) is 11.5 Å². The van der Waals surface area contributed by atoms with E-state index in [4.69, 9.17) is 4.74 Å². The van der Waals surface area contributed by atoms with Gasteiger partial charge in [0.1, 0.15) is 11.5 Å². The molecule has 0 aliphatic heterocycles. The summed E-state index contributed by atoms with van der Waals surface area (Å²) in [5.74, 6) is 1.29. The Labute approximate surface area is 139 Å². The highest BCUT2D eigenvalue weighted by molar-refractivity contribution is 5.93. The molecule has 0 aliphatic rings. The van der Waals surface area contributed by atoms with Crippen molar-refractivity contribution in [2.24, 2.45) is 0 Å². The molecule has 24 heavy (non-hydrogen) atoms. The van der Waals surface area contributed by atoms with Gasteiger partial charge >= 0.3 is 0 Å². The second-order valence-corrected chi connectivity index (χ2v) is 5.19. The van der Waals surface area contributed by atoms with E-state index in [9.17, 15) is 10.0 Å². The van der Waals surface area contributed by atoms with Crippen LogP contribution in [0.2, 0.25) is 0 Å². The number of carbonyl (C=O) groups is 1. The lowest BCUT2D eigenvalue weighted by Gasteiger charge is -2.08. The number of benzene rings is 2. The summed E-state index contributed by atoms with van der Waals surface area (Å²) in [5, 5.41) is 13.8. The van der Waals surface area contributed by atoms with Crippen LogP contribution in [0, 0.1) is 5.21 Å². The predicted molar refractivity (Wildman–Crippen MR) is 89.5 cm³/mol. The number of aromatic nitrogens is 1. The van der Waals surface area contributed by atoms with E-state index >= 15 is 0 Å². The summed E-state index contributed by atoms with van der Waals surface area (Å²) in [7, 11) is 0. The number of pyridine rings is 1. The third-order valence-electron chi connectivity index (χ3n) is 3.42. The van der Waals surface area contributed by atoms with Gasteiger partial charge in [-0.1, -0.05) is 30.3 Å². The molecule has 0 radical (unpaired) electrons. The lowest BCUT2D eigenvalue weighted by atomic mass is 10.2. The van der Waals surface area contributed by atoms with Gasteiger partial charge in [0.05, 0.1) is 5.56 Å².